The molecule has 0 saturated heterocycles. The Kier molecular flexibility index (Phi) is 3.70. The summed E-state index contributed by atoms with van der Waals surface area (Å²) < 4.78 is 9.38. The first-order chi connectivity index (χ1) is 21.3. The van der Waals surface area contributed by atoms with Crippen LogP contribution in [0.2, 0.25) is 0 Å². The number of aromatic nitrogens is 2. The Morgan fingerprint density at radius 1 is 0.651 bits per heavy atom. The van der Waals surface area contributed by atoms with Gasteiger partial charge in [0, 0.05) is 18.8 Å². The van der Waals surface area contributed by atoms with Gasteiger partial charge in [0.25, 0.3) is 5.82 Å². The molecule has 11 rings (SSSR count). The van der Waals surface area contributed by atoms with Gasteiger partial charge in [0.05, 0.1) is 34.3 Å². The summed E-state index contributed by atoms with van der Waals surface area (Å²) in [5.74, 6) is 3.95. The molecule has 6 nitrogen and oxygen atoms in total. The predicted molar refractivity (Wildman–Crippen MR) is 167 cm³/mol. The fraction of sp³-hybridized carbons (Fsp3) is 0.0811. The Morgan fingerprint density at radius 3 is 2.14 bits per heavy atom. The molecule has 0 fully saturated rings. The molecule has 2 unspecified atom stereocenters. The van der Waals surface area contributed by atoms with E-state index in [-0.39, 0.29) is 6.17 Å². The molecular weight excluding hydrogens is 530 g/mol. The monoisotopic (exact) mass is 554 g/mol. The molecule has 202 valence electrons. The summed E-state index contributed by atoms with van der Waals surface area (Å²) in [5, 5.41) is 0. The maximum Gasteiger partial charge on any atom is 0.296 e. The summed E-state index contributed by atoms with van der Waals surface area (Å²) in [6, 6.07) is 39.4. The molecule has 5 aliphatic rings. The van der Waals surface area contributed by atoms with Gasteiger partial charge >= 0.3 is 0 Å². The van der Waals surface area contributed by atoms with E-state index in [4.69, 9.17) is 9.72 Å². The van der Waals surface area contributed by atoms with Gasteiger partial charge in [-0.1, -0.05) is 54.6 Å². The lowest BCUT2D eigenvalue weighted by Gasteiger charge is -2.45. The Hall–Kier alpha value is -5.62. The van der Waals surface area contributed by atoms with Crippen LogP contribution in [0.5, 0.6) is 11.5 Å². The van der Waals surface area contributed by atoms with Gasteiger partial charge in [0.15, 0.2) is 12.0 Å². The van der Waals surface area contributed by atoms with Crippen molar-refractivity contribution in [3.8, 4) is 33.8 Å². The highest BCUT2D eigenvalue weighted by molar-refractivity contribution is 6.02. The predicted octanol–water partition coefficient (Wildman–Crippen LogP) is 7.62. The molecule has 0 N–H and O–H groups in total. The van der Waals surface area contributed by atoms with E-state index in [0.717, 1.165) is 45.9 Å². The topological polar surface area (TPSA) is 35.7 Å². The van der Waals surface area contributed by atoms with E-state index in [2.05, 4.69) is 136 Å². The van der Waals surface area contributed by atoms with Crippen LogP contribution in [0.4, 0.5) is 34.4 Å². The first kappa shape index (κ1) is 22.0. The molecule has 1 spiro atoms. The number of para-hydroxylation sites is 1. The van der Waals surface area contributed by atoms with Crippen molar-refractivity contribution in [2.75, 3.05) is 21.7 Å². The minimum absolute atomic E-state index is 0.0928. The molecule has 0 radical (unpaired) electrons. The standard InChI is InChI=1S/C37H24N5O/c1-39-34-29(17-8-20-38-34)42-28-16-7-19-31-33(28)37(36(39)42)32-27(15-6-18-30(32)43-31)41-26-14-5-4-12-24(26)22-10-2-3-11-23(22)25-13-9-21-40(37)35(25)41/h2-21,36H,1H3/q+1. The first-order valence-electron chi connectivity index (χ1n) is 14.7. The number of anilines is 6. The molecule has 6 heteroatoms. The largest absolute Gasteiger partial charge is 0.456 e. The van der Waals surface area contributed by atoms with Gasteiger partial charge in [-0.05, 0) is 65.7 Å². The van der Waals surface area contributed by atoms with Crippen molar-refractivity contribution in [2.24, 2.45) is 0 Å². The van der Waals surface area contributed by atoms with Crippen molar-refractivity contribution in [1.82, 2.24) is 4.98 Å². The van der Waals surface area contributed by atoms with Gasteiger partial charge in [0.1, 0.15) is 22.9 Å². The van der Waals surface area contributed by atoms with Crippen molar-refractivity contribution in [3.63, 3.8) is 0 Å². The fourth-order valence-corrected chi connectivity index (χ4v) is 8.66. The molecule has 0 bridgehead atoms. The van der Waals surface area contributed by atoms with Crippen LogP contribution in [0.15, 0.2) is 122 Å². The number of likely N-dealkylation sites (N-methyl/N-ethyl adjacent to an activating group) is 1. The zero-order chi connectivity index (χ0) is 28.0. The van der Waals surface area contributed by atoms with Crippen LogP contribution < -0.4 is 24.0 Å². The van der Waals surface area contributed by atoms with E-state index < -0.39 is 5.54 Å². The van der Waals surface area contributed by atoms with Crippen LogP contribution in [0.25, 0.3) is 22.3 Å². The second-order valence-electron chi connectivity index (χ2n) is 11.9. The molecule has 2 atom stereocenters. The number of rotatable bonds is 0. The molecule has 0 aliphatic carbocycles. The summed E-state index contributed by atoms with van der Waals surface area (Å²) in [5.41, 5.74) is 11.3. The first-order valence-corrected chi connectivity index (χ1v) is 14.7. The molecule has 2 aromatic heterocycles. The van der Waals surface area contributed by atoms with Crippen molar-refractivity contribution in [3.05, 3.63) is 133 Å². The Balaban J connectivity index is 1.36. The van der Waals surface area contributed by atoms with Crippen LogP contribution in [0.3, 0.4) is 0 Å². The summed E-state index contributed by atoms with van der Waals surface area (Å²) in [7, 11) is 2.19. The molecule has 43 heavy (non-hydrogen) atoms. The summed E-state index contributed by atoms with van der Waals surface area (Å²) in [6.07, 6.45) is 4.08. The highest BCUT2D eigenvalue weighted by Crippen LogP contribution is 2.67. The number of hydrogen-bond donors (Lipinski definition) is 0. The van der Waals surface area contributed by atoms with Crippen LogP contribution in [-0.2, 0) is 5.54 Å². The van der Waals surface area contributed by atoms with E-state index in [1.54, 1.807) is 0 Å². The van der Waals surface area contributed by atoms with Crippen molar-refractivity contribution < 1.29 is 9.30 Å². The molecule has 7 heterocycles. The second kappa shape index (κ2) is 7.23. The van der Waals surface area contributed by atoms with E-state index in [9.17, 15) is 0 Å². The quantitative estimate of drug-likeness (QED) is 0.180. The minimum Gasteiger partial charge on any atom is -0.456 e. The fourth-order valence-electron chi connectivity index (χ4n) is 8.66. The van der Waals surface area contributed by atoms with Crippen LogP contribution in [0, 0.1) is 0 Å². The smallest absolute Gasteiger partial charge is 0.296 e. The third kappa shape index (κ3) is 2.28. The van der Waals surface area contributed by atoms with Gasteiger partial charge in [0.2, 0.25) is 5.54 Å². The number of fused-ring (bicyclic) bond motifs is 10. The summed E-state index contributed by atoms with van der Waals surface area (Å²) in [4.78, 5) is 12.2. The average molecular weight is 555 g/mol. The van der Waals surface area contributed by atoms with Crippen molar-refractivity contribution in [1.29, 1.82) is 0 Å². The second-order valence-corrected chi connectivity index (χ2v) is 11.9. The summed E-state index contributed by atoms with van der Waals surface area (Å²) in [6.45, 7) is 0. The van der Waals surface area contributed by atoms with Gasteiger partial charge in [-0.3, -0.25) is 0 Å². The Labute approximate surface area is 248 Å². The SMILES string of the molecule is CN1c2ncccc2N2c3cccc4c3C3(c5c(cccc5N5c6ccccc6-c6ccccc6-c6ccc[n+]3c65)O4)C12. The highest BCUT2D eigenvalue weighted by atomic mass is 16.5. The van der Waals surface area contributed by atoms with Crippen molar-refractivity contribution in [2.45, 2.75) is 11.7 Å². The van der Waals surface area contributed by atoms with E-state index >= 15 is 0 Å². The molecule has 0 saturated carbocycles. The van der Waals surface area contributed by atoms with Crippen LogP contribution in [0.1, 0.15) is 11.1 Å². The van der Waals surface area contributed by atoms with Gasteiger partial charge in [-0.2, -0.15) is 4.90 Å². The van der Waals surface area contributed by atoms with Gasteiger partial charge in [-0.15, -0.1) is 0 Å². The number of benzene rings is 4. The minimum atomic E-state index is -0.609. The van der Waals surface area contributed by atoms with Gasteiger partial charge < -0.3 is 14.5 Å². The Morgan fingerprint density at radius 2 is 1.30 bits per heavy atom. The zero-order valence-corrected chi connectivity index (χ0v) is 23.3. The number of hydrogen-bond acceptors (Lipinski definition) is 5. The van der Waals surface area contributed by atoms with E-state index in [1.807, 2.05) is 12.3 Å². The average Bonchev–Trinajstić information content (AvgIpc) is 3.49. The third-order valence-corrected chi connectivity index (χ3v) is 10.0. The van der Waals surface area contributed by atoms with E-state index in [1.165, 1.54) is 33.4 Å². The third-order valence-electron chi connectivity index (χ3n) is 10.0. The molecule has 6 aromatic rings. The maximum absolute atomic E-state index is 6.84. The number of nitrogens with zero attached hydrogens (tertiary/aromatic N) is 5. The number of pyridine rings is 2. The molecule has 5 aliphatic heterocycles. The van der Waals surface area contributed by atoms with Crippen molar-refractivity contribution >= 4 is 34.4 Å². The zero-order valence-electron chi connectivity index (χ0n) is 23.3. The molecular formula is C37H24N5O+. The highest BCUT2D eigenvalue weighted by Gasteiger charge is 2.70. The lowest BCUT2D eigenvalue weighted by atomic mass is 9.75. The molecule has 4 aromatic carbocycles. The number of ether oxygens (including phenoxy) is 1. The lowest BCUT2D eigenvalue weighted by molar-refractivity contribution is -0.734. The Bertz CT molecular complexity index is 2240. The van der Waals surface area contributed by atoms with Crippen LogP contribution >= 0.6 is 0 Å². The maximum atomic E-state index is 6.84. The molecule has 0 amide bonds. The summed E-state index contributed by atoms with van der Waals surface area (Å²) >= 11 is 0. The van der Waals surface area contributed by atoms with E-state index in [0.29, 0.717) is 0 Å². The lowest BCUT2D eigenvalue weighted by Crippen LogP contribution is -2.71. The van der Waals surface area contributed by atoms with Gasteiger partial charge in [-0.25, -0.2) is 9.55 Å². The normalized spacial score (nSPS) is 20.1. The van der Waals surface area contributed by atoms with Crippen LogP contribution in [-0.4, -0.2) is 18.2 Å².